The first-order valence-electron chi connectivity index (χ1n) is 18.8. The Morgan fingerprint density at radius 2 is 1.51 bits per heavy atom. The summed E-state index contributed by atoms with van der Waals surface area (Å²) >= 11 is 0. The number of alkyl carbamates (subject to hydrolysis) is 1. The van der Waals surface area contributed by atoms with Gasteiger partial charge in [0.2, 0.25) is 5.91 Å². The quantitative estimate of drug-likeness (QED) is 0.181. The fourth-order valence-electron chi connectivity index (χ4n) is 6.84. The summed E-state index contributed by atoms with van der Waals surface area (Å²) in [5, 5.41) is 8.79. The second-order valence-corrected chi connectivity index (χ2v) is 16.3. The molecule has 12 heteroatoms. The first-order valence-corrected chi connectivity index (χ1v) is 18.8. The van der Waals surface area contributed by atoms with E-state index in [0.29, 0.717) is 37.9 Å². The van der Waals surface area contributed by atoms with Crippen molar-refractivity contribution in [3.8, 4) is 11.1 Å². The van der Waals surface area contributed by atoms with Crippen LogP contribution in [0.15, 0.2) is 42.5 Å². The molecular formula is C41H58N4O8. The molecule has 3 N–H and O–H groups in total. The summed E-state index contributed by atoms with van der Waals surface area (Å²) in [6.45, 7) is 13.9. The van der Waals surface area contributed by atoms with Gasteiger partial charge in [0.05, 0.1) is 7.11 Å². The average Bonchev–Trinajstić information content (AvgIpc) is 3.09. The van der Waals surface area contributed by atoms with Gasteiger partial charge in [-0.25, -0.2) is 14.4 Å². The summed E-state index contributed by atoms with van der Waals surface area (Å²) in [6.07, 6.45) is 4.30. The monoisotopic (exact) mass is 734 g/mol. The van der Waals surface area contributed by atoms with Gasteiger partial charge in [0.15, 0.2) is 0 Å². The SMILES string of the molecule is COC(=O)[C@H](Cc1ccc(-c2ccc(C(=O)NC3CCCCN3C(=O)OC(C)(C)C)cc2C)cc1)NC(=O)[C@H]1CC[C@H](CNC(=O)OC(C)(C)C)CC1. The van der Waals surface area contributed by atoms with Crippen LogP contribution < -0.4 is 16.0 Å². The number of piperidine rings is 1. The highest BCUT2D eigenvalue weighted by Crippen LogP contribution is 2.30. The lowest BCUT2D eigenvalue weighted by molar-refractivity contribution is -0.145. The number of aryl methyl sites for hydroxylation is 1. The fraction of sp³-hybridized carbons (Fsp3) is 0.585. The van der Waals surface area contributed by atoms with Crippen LogP contribution in [0, 0.1) is 18.8 Å². The zero-order valence-corrected chi connectivity index (χ0v) is 32.6. The van der Waals surface area contributed by atoms with E-state index in [-0.39, 0.29) is 30.1 Å². The van der Waals surface area contributed by atoms with E-state index in [1.165, 1.54) is 7.11 Å². The molecule has 0 aromatic heterocycles. The minimum absolute atomic E-state index is 0.170. The predicted octanol–water partition coefficient (Wildman–Crippen LogP) is 6.67. The van der Waals surface area contributed by atoms with Gasteiger partial charge in [-0.15, -0.1) is 0 Å². The van der Waals surface area contributed by atoms with Crippen molar-refractivity contribution in [1.29, 1.82) is 0 Å². The molecule has 1 heterocycles. The zero-order valence-electron chi connectivity index (χ0n) is 32.6. The van der Waals surface area contributed by atoms with Crippen LogP contribution in [0.2, 0.25) is 0 Å². The normalized spacial score (nSPS) is 19.7. The van der Waals surface area contributed by atoms with Crippen LogP contribution in [0.1, 0.15) is 108 Å². The third kappa shape index (κ3) is 12.5. The first-order chi connectivity index (χ1) is 24.9. The molecule has 1 aliphatic heterocycles. The highest BCUT2D eigenvalue weighted by Gasteiger charge is 2.33. The number of hydrogen-bond donors (Lipinski definition) is 3. The van der Waals surface area contributed by atoms with Gasteiger partial charge < -0.3 is 30.2 Å². The molecule has 1 aliphatic carbocycles. The molecule has 12 nitrogen and oxygen atoms in total. The molecule has 2 aliphatic rings. The van der Waals surface area contributed by atoms with Gasteiger partial charge in [0.25, 0.3) is 5.91 Å². The van der Waals surface area contributed by atoms with E-state index >= 15 is 0 Å². The number of methoxy groups -OCH3 is 1. The molecule has 0 radical (unpaired) electrons. The van der Waals surface area contributed by atoms with E-state index in [2.05, 4.69) is 16.0 Å². The maximum absolute atomic E-state index is 13.3. The molecule has 2 fully saturated rings. The highest BCUT2D eigenvalue weighted by molar-refractivity contribution is 5.95. The lowest BCUT2D eigenvalue weighted by atomic mass is 9.81. The summed E-state index contributed by atoms with van der Waals surface area (Å²) in [5.41, 5.74) is 2.98. The second-order valence-electron chi connectivity index (χ2n) is 16.3. The lowest BCUT2D eigenvalue weighted by Gasteiger charge is -2.37. The van der Waals surface area contributed by atoms with Crippen LogP contribution in [0.4, 0.5) is 9.59 Å². The van der Waals surface area contributed by atoms with Crippen LogP contribution in [-0.2, 0) is 30.2 Å². The number of carbonyl (C=O) groups is 5. The molecule has 1 saturated carbocycles. The molecule has 2 atom stereocenters. The van der Waals surface area contributed by atoms with Crippen molar-refractivity contribution in [2.24, 2.45) is 11.8 Å². The third-order valence-corrected chi connectivity index (χ3v) is 9.58. The van der Waals surface area contributed by atoms with Gasteiger partial charge in [-0.05, 0) is 134 Å². The van der Waals surface area contributed by atoms with Crippen molar-refractivity contribution < 1.29 is 38.2 Å². The minimum Gasteiger partial charge on any atom is -0.467 e. The Morgan fingerprint density at radius 3 is 2.11 bits per heavy atom. The Morgan fingerprint density at radius 1 is 0.849 bits per heavy atom. The van der Waals surface area contributed by atoms with Crippen molar-refractivity contribution in [3.05, 3.63) is 59.2 Å². The van der Waals surface area contributed by atoms with Gasteiger partial charge in [-0.1, -0.05) is 30.3 Å². The molecule has 0 bridgehead atoms. The fourth-order valence-corrected chi connectivity index (χ4v) is 6.84. The first kappa shape index (κ1) is 41.2. The van der Waals surface area contributed by atoms with E-state index in [1.54, 1.807) is 11.0 Å². The molecular weight excluding hydrogens is 676 g/mol. The standard InChI is InChI=1S/C41H58N4O8/c1-26-23-31(36(47)44-34-11-9-10-22-45(34)39(50)53-41(5,6)7)20-21-32(26)29-16-12-27(13-17-29)24-33(37(48)51-8)43-35(46)30-18-14-28(15-19-30)25-42-38(49)52-40(2,3)4/h12-13,16-17,20-21,23,28,30,33-34H,9-11,14-15,18-19,22,24-25H2,1-8H3,(H,42,49)(H,43,46)(H,44,47)/t28-,30-,33-,34?/m0/s1. The number of esters is 1. The minimum atomic E-state index is -0.833. The number of amides is 4. The third-order valence-electron chi connectivity index (χ3n) is 9.58. The van der Waals surface area contributed by atoms with E-state index in [1.807, 2.05) is 84.9 Å². The van der Waals surface area contributed by atoms with Crippen LogP contribution in [0.3, 0.4) is 0 Å². The predicted molar refractivity (Wildman–Crippen MR) is 202 cm³/mol. The lowest BCUT2D eigenvalue weighted by Crippen LogP contribution is -2.54. The topological polar surface area (TPSA) is 152 Å². The molecule has 2 aromatic rings. The summed E-state index contributed by atoms with van der Waals surface area (Å²) in [7, 11) is 1.31. The summed E-state index contributed by atoms with van der Waals surface area (Å²) < 4.78 is 15.9. The Kier molecular flexibility index (Phi) is 13.9. The van der Waals surface area contributed by atoms with E-state index < -0.39 is 41.6 Å². The summed E-state index contributed by atoms with van der Waals surface area (Å²) in [5.74, 6) is -0.894. The van der Waals surface area contributed by atoms with Crippen molar-refractivity contribution in [2.75, 3.05) is 20.2 Å². The van der Waals surface area contributed by atoms with Gasteiger partial charge >= 0.3 is 18.2 Å². The molecule has 0 spiro atoms. The number of carbonyl (C=O) groups excluding carboxylic acids is 5. The number of likely N-dealkylation sites (tertiary alicyclic amines) is 1. The van der Waals surface area contributed by atoms with Crippen LogP contribution in [0.25, 0.3) is 11.1 Å². The highest BCUT2D eigenvalue weighted by atomic mass is 16.6. The van der Waals surface area contributed by atoms with Crippen molar-refractivity contribution >= 4 is 30.0 Å². The molecule has 290 valence electrons. The molecule has 53 heavy (non-hydrogen) atoms. The number of rotatable bonds is 10. The van der Waals surface area contributed by atoms with Crippen LogP contribution in [0.5, 0.6) is 0 Å². The second kappa shape index (κ2) is 17.9. The molecule has 4 rings (SSSR count). The van der Waals surface area contributed by atoms with Crippen LogP contribution >= 0.6 is 0 Å². The molecule has 1 unspecified atom stereocenters. The Bertz CT molecular complexity index is 1600. The van der Waals surface area contributed by atoms with Crippen LogP contribution in [-0.4, -0.2) is 78.5 Å². The summed E-state index contributed by atoms with van der Waals surface area (Å²) in [4.78, 5) is 65.7. The Balaban J connectivity index is 1.32. The van der Waals surface area contributed by atoms with E-state index in [4.69, 9.17) is 14.2 Å². The smallest absolute Gasteiger partial charge is 0.411 e. The maximum atomic E-state index is 13.3. The molecule has 1 saturated heterocycles. The van der Waals surface area contributed by atoms with Gasteiger partial charge in [-0.2, -0.15) is 0 Å². The maximum Gasteiger partial charge on any atom is 0.411 e. The van der Waals surface area contributed by atoms with E-state index in [0.717, 1.165) is 47.9 Å². The number of nitrogens with one attached hydrogen (secondary N) is 3. The largest absolute Gasteiger partial charge is 0.467 e. The number of ether oxygens (including phenoxy) is 3. The Labute approximate surface area is 314 Å². The molecule has 4 amide bonds. The number of hydrogen-bond acceptors (Lipinski definition) is 8. The van der Waals surface area contributed by atoms with Crippen molar-refractivity contribution in [2.45, 2.75) is 123 Å². The molecule has 2 aromatic carbocycles. The van der Waals surface area contributed by atoms with Gasteiger partial charge in [0, 0.05) is 31.0 Å². The summed E-state index contributed by atoms with van der Waals surface area (Å²) in [6, 6.07) is 12.5. The number of nitrogens with zero attached hydrogens (tertiary/aromatic N) is 1. The zero-order chi connectivity index (χ0) is 38.9. The van der Waals surface area contributed by atoms with E-state index in [9.17, 15) is 24.0 Å². The number of benzene rings is 2. The van der Waals surface area contributed by atoms with Gasteiger partial charge in [0.1, 0.15) is 23.4 Å². The van der Waals surface area contributed by atoms with Crippen molar-refractivity contribution in [3.63, 3.8) is 0 Å². The van der Waals surface area contributed by atoms with Gasteiger partial charge in [-0.3, -0.25) is 14.5 Å². The average molecular weight is 735 g/mol. The Hall–Kier alpha value is -4.61. The van der Waals surface area contributed by atoms with Crippen molar-refractivity contribution in [1.82, 2.24) is 20.9 Å².